The number of fused-ring (bicyclic) bond motifs is 1. The molecule has 40 heavy (non-hydrogen) atoms. The summed E-state index contributed by atoms with van der Waals surface area (Å²) in [7, 11) is 1.60. The molecule has 1 aliphatic rings. The first-order valence-corrected chi connectivity index (χ1v) is 14.1. The summed E-state index contributed by atoms with van der Waals surface area (Å²) in [4.78, 5) is 23.9. The Balaban J connectivity index is 1.49. The van der Waals surface area contributed by atoms with Crippen LogP contribution in [-0.2, 0) is 10.4 Å². The van der Waals surface area contributed by atoms with Crippen LogP contribution in [0, 0.1) is 6.92 Å². The van der Waals surface area contributed by atoms with E-state index < -0.39 is 5.60 Å². The van der Waals surface area contributed by atoms with Gasteiger partial charge in [0, 0.05) is 53.5 Å². The molecule has 0 bridgehead atoms. The molecule has 1 amide bonds. The highest BCUT2D eigenvalue weighted by molar-refractivity contribution is 7.13. The number of piperidine rings is 1. The molecule has 0 atom stereocenters. The van der Waals surface area contributed by atoms with Crippen LogP contribution in [-0.4, -0.2) is 52.2 Å². The van der Waals surface area contributed by atoms with E-state index in [1.807, 2.05) is 30.3 Å². The fourth-order valence-electron chi connectivity index (χ4n) is 4.96. The van der Waals surface area contributed by atoms with Crippen molar-refractivity contribution < 1.29 is 19.4 Å². The van der Waals surface area contributed by atoms with Crippen molar-refractivity contribution in [3.05, 3.63) is 71.9 Å². The minimum Gasteiger partial charge on any atom is -0.493 e. The van der Waals surface area contributed by atoms with Crippen molar-refractivity contribution in [1.82, 2.24) is 14.9 Å². The summed E-state index contributed by atoms with van der Waals surface area (Å²) >= 11 is 1.69. The van der Waals surface area contributed by atoms with Crippen molar-refractivity contribution in [1.29, 1.82) is 0 Å². The number of benzene rings is 2. The third-order valence-electron chi connectivity index (χ3n) is 7.09. The van der Waals surface area contributed by atoms with Gasteiger partial charge in [-0.3, -0.25) is 4.79 Å². The highest BCUT2D eigenvalue weighted by atomic mass is 32.1. The largest absolute Gasteiger partial charge is 0.493 e. The Morgan fingerprint density at radius 2 is 1.95 bits per heavy atom. The third-order valence-corrected chi connectivity index (χ3v) is 8.19. The first-order valence-electron chi connectivity index (χ1n) is 13.3. The number of aryl methyl sites for hydroxylation is 1. The van der Waals surface area contributed by atoms with E-state index in [1.54, 1.807) is 37.2 Å². The molecule has 2 aromatic heterocycles. The average molecular weight is 559 g/mol. The number of ether oxygens (including phenoxy) is 2. The van der Waals surface area contributed by atoms with E-state index in [-0.39, 0.29) is 12.0 Å². The van der Waals surface area contributed by atoms with Crippen LogP contribution in [0.15, 0.2) is 60.8 Å². The smallest absolute Gasteiger partial charge is 0.245 e. The lowest BCUT2D eigenvalue weighted by atomic mass is 9.94. The van der Waals surface area contributed by atoms with Gasteiger partial charge >= 0.3 is 0 Å². The Morgan fingerprint density at radius 1 is 1.18 bits per heavy atom. The Hall–Kier alpha value is -3.95. The lowest BCUT2D eigenvalue weighted by molar-refractivity contribution is -0.127. The molecule has 0 radical (unpaired) electrons. The molecule has 9 heteroatoms. The molecule has 1 saturated heterocycles. The predicted molar refractivity (Wildman–Crippen MR) is 160 cm³/mol. The fourth-order valence-corrected chi connectivity index (χ4v) is 5.86. The summed E-state index contributed by atoms with van der Waals surface area (Å²) in [6, 6.07) is 11.9. The summed E-state index contributed by atoms with van der Waals surface area (Å²) in [5.41, 5.74) is 3.40. The monoisotopic (exact) mass is 558 g/mol. The molecule has 3 heterocycles. The van der Waals surface area contributed by atoms with Crippen molar-refractivity contribution in [2.75, 3.05) is 25.5 Å². The standard InChI is InChI=1S/C31H34N4O4S/c1-6-29(36)35-11-9-21(10-12-35)39-27-15-22-24(16-26(27)38-5)32-18-33-30(22)34-25-14-20(28-13-19(2)17-40-28)7-8-23(25)31(3,4)37/h6-8,13-18,21,37H,1,9-12H2,2-5H3,(H,32,33,34). The van der Waals surface area contributed by atoms with Crippen molar-refractivity contribution in [2.45, 2.75) is 45.3 Å². The van der Waals surface area contributed by atoms with E-state index in [2.05, 4.69) is 40.2 Å². The molecule has 0 aliphatic carbocycles. The second-order valence-corrected chi connectivity index (χ2v) is 11.4. The van der Waals surface area contributed by atoms with Crippen molar-refractivity contribution in [2.24, 2.45) is 0 Å². The normalized spacial score (nSPS) is 14.3. The number of carbonyl (C=O) groups excluding carboxylic acids is 1. The Kier molecular flexibility index (Phi) is 7.78. The average Bonchev–Trinajstić information content (AvgIpc) is 3.38. The summed E-state index contributed by atoms with van der Waals surface area (Å²) in [5, 5.41) is 17.3. The van der Waals surface area contributed by atoms with Crippen LogP contribution < -0.4 is 14.8 Å². The molecule has 0 saturated carbocycles. The molecule has 1 aliphatic heterocycles. The van der Waals surface area contributed by atoms with Gasteiger partial charge in [-0.2, -0.15) is 0 Å². The van der Waals surface area contributed by atoms with Crippen LogP contribution in [0.1, 0.15) is 37.8 Å². The van der Waals surface area contributed by atoms with Crippen molar-refractivity contribution >= 4 is 39.7 Å². The van der Waals surface area contributed by atoms with E-state index >= 15 is 0 Å². The molecule has 5 rings (SSSR count). The molecule has 8 nitrogen and oxygen atoms in total. The van der Waals surface area contributed by atoms with Crippen LogP contribution in [0.2, 0.25) is 0 Å². The summed E-state index contributed by atoms with van der Waals surface area (Å²) in [6.45, 7) is 10.4. The quantitative estimate of drug-likeness (QED) is 0.249. The number of nitrogens with zero attached hydrogens (tertiary/aromatic N) is 3. The second-order valence-electron chi connectivity index (χ2n) is 10.5. The van der Waals surface area contributed by atoms with E-state index in [9.17, 15) is 9.90 Å². The highest BCUT2D eigenvalue weighted by Crippen LogP contribution is 2.39. The number of rotatable bonds is 8. The number of carbonyl (C=O) groups is 1. The minimum atomic E-state index is -1.07. The number of methoxy groups -OCH3 is 1. The van der Waals surface area contributed by atoms with Gasteiger partial charge in [0.2, 0.25) is 5.91 Å². The second kappa shape index (κ2) is 11.3. The van der Waals surface area contributed by atoms with Crippen LogP contribution in [0.5, 0.6) is 11.5 Å². The summed E-state index contributed by atoms with van der Waals surface area (Å²) < 4.78 is 12.0. The molecular weight excluding hydrogens is 524 g/mol. The zero-order valence-electron chi connectivity index (χ0n) is 23.2. The maximum atomic E-state index is 12.0. The molecule has 1 fully saturated rings. The number of aliphatic hydroxyl groups is 1. The van der Waals surface area contributed by atoms with Gasteiger partial charge in [-0.15, -0.1) is 11.3 Å². The van der Waals surface area contributed by atoms with E-state index in [4.69, 9.17) is 9.47 Å². The molecule has 2 N–H and O–H groups in total. The first kappa shape index (κ1) is 27.6. The molecule has 2 aromatic carbocycles. The van der Waals surface area contributed by atoms with E-state index in [0.717, 1.165) is 27.1 Å². The van der Waals surface area contributed by atoms with E-state index in [1.165, 1.54) is 18.0 Å². The first-order chi connectivity index (χ1) is 19.2. The predicted octanol–water partition coefficient (Wildman–Crippen LogP) is 6.20. The van der Waals surface area contributed by atoms with Crippen LogP contribution in [0.25, 0.3) is 21.3 Å². The zero-order chi connectivity index (χ0) is 28.4. The third kappa shape index (κ3) is 5.80. The number of aromatic nitrogens is 2. The SMILES string of the molecule is C=CC(=O)N1CCC(Oc2cc3c(Nc4cc(-c5cc(C)cs5)ccc4C(C)(C)O)ncnc3cc2OC)CC1. The van der Waals surface area contributed by atoms with Crippen molar-refractivity contribution in [3.8, 4) is 21.9 Å². The number of hydrogen-bond donors (Lipinski definition) is 2. The number of hydrogen-bond acceptors (Lipinski definition) is 8. The summed E-state index contributed by atoms with van der Waals surface area (Å²) in [6.07, 6.45) is 4.21. The van der Waals surface area contributed by atoms with Gasteiger partial charge in [0.15, 0.2) is 11.5 Å². The van der Waals surface area contributed by atoms with Crippen molar-refractivity contribution in [3.63, 3.8) is 0 Å². The minimum absolute atomic E-state index is 0.0571. The van der Waals surface area contributed by atoms with Gasteiger partial charge < -0.3 is 24.8 Å². The Labute approximate surface area is 238 Å². The van der Waals surface area contributed by atoms with Crippen LogP contribution in [0.4, 0.5) is 11.5 Å². The molecule has 4 aromatic rings. The molecule has 0 spiro atoms. The zero-order valence-corrected chi connectivity index (χ0v) is 24.0. The Bertz CT molecular complexity index is 1550. The maximum absolute atomic E-state index is 12.0. The summed E-state index contributed by atoms with van der Waals surface area (Å²) in [5.74, 6) is 1.70. The number of nitrogens with one attached hydrogen (secondary N) is 1. The molecular formula is C31H34N4O4S. The van der Waals surface area contributed by atoms with Gasteiger partial charge in [0.1, 0.15) is 18.2 Å². The highest BCUT2D eigenvalue weighted by Gasteiger charge is 2.25. The molecule has 0 unspecified atom stereocenters. The fraction of sp³-hybridized carbons (Fsp3) is 0.323. The lowest BCUT2D eigenvalue weighted by Crippen LogP contribution is -2.41. The van der Waals surface area contributed by atoms with Gasteiger partial charge in [0.05, 0.1) is 18.2 Å². The number of likely N-dealkylation sites (tertiary alicyclic amines) is 1. The topological polar surface area (TPSA) is 96.8 Å². The molecule has 208 valence electrons. The van der Waals surface area contributed by atoms with Crippen LogP contribution in [0.3, 0.4) is 0 Å². The van der Waals surface area contributed by atoms with Gasteiger partial charge in [-0.1, -0.05) is 18.7 Å². The number of anilines is 2. The van der Waals surface area contributed by atoms with Crippen LogP contribution >= 0.6 is 11.3 Å². The van der Waals surface area contributed by atoms with Gasteiger partial charge in [-0.25, -0.2) is 9.97 Å². The number of amides is 1. The lowest BCUT2D eigenvalue weighted by Gasteiger charge is -2.31. The van der Waals surface area contributed by atoms with Gasteiger partial charge in [-0.05, 0) is 61.6 Å². The van der Waals surface area contributed by atoms with E-state index in [0.29, 0.717) is 48.8 Å². The van der Waals surface area contributed by atoms with Gasteiger partial charge in [0.25, 0.3) is 0 Å². The Morgan fingerprint density at radius 3 is 2.60 bits per heavy atom. The maximum Gasteiger partial charge on any atom is 0.245 e. The number of thiophene rings is 1.